The molecule has 4 aromatic carbocycles. The van der Waals surface area contributed by atoms with Gasteiger partial charge in [-0.05, 0) is 181 Å². The molecule has 15 rings (SSSR count). The van der Waals surface area contributed by atoms with Crippen molar-refractivity contribution < 1.29 is 38.7 Å². The standard InChI is InChI=1S/C72H78N8O4/c1-5-71(83)23-19-65-59-15-13-55-61(57(59)17-21-69(65,71)3)35-53-41-77-29-25-73(45-77)37-49-9-7-10-50(33-49)38-74-26-30-78(46-74)42-54-36-62-56(14-16-60-58(62)18-22-70(4)66(60)20-24-72(70,84)6-2)64(68(54)82)44-80-32-28-76(48-80)40-52-12-8-11-51(34-52)39-75-27-31-79(47-75)43-63(55)67(53)81/h1-2,7-12,25-36,45-48,57-60,65-66,83-84H,13-24,37-44H2,3-4H3/q+2/p+2/t57-,58-,59+,60+,65-,66-,69-,70-,71-,72-/m0/s1. The van der Waals surface area contributed by atoms with Crippen LogP contribution in [0, 0.1) is 59.2 Å². The number of nitrogens with zero attached hydrogens (tertiary/aromatic N) is 8. The molecule has 5 heterocycles. The Morgan fingerprint density at radius 2 is 0.821 bits per heavy atom. The minimum Gasteiger partial charge on any atom is -0.507 e. The van der Waals surface area contributed by atoms with Gasteiger partial charge in [0.15, 0.2) is 0 Å². The molecule has 0 amide bonds. The molecule has 4 N–H and O–H groups in total. The maximum atomic E-state index is 12.6. The number of phenolic OH excluding ortho intramolecular Hbond substituents is 2. The SMILES string of the molecule is C#C[C@]1(O)CC[C@H]2[C@@H]3CCc4c(cc5c(O)c4Cn4cc[n+](c4)Cc4cccc(c4)C[n+]4ccn(c4)Cc4c(O)c(cc6c4CC[C@@H]4[C@@H]6CC[C@@]6(C)[C@H]4CC[C@@]6(O)C#C)Cn4cc[n+](c4)Cc4cccc(c4)C[n+]4ccn(c4)C5)[C@H]3CC[C@@]21C. The van der Waals surface area contributed by atoms with Crippen molar-refractivity contribution in [3.63, 3.8) is 0 Å². The molecule has 1 aliphatic heterocycles. The smallest absolute Gasteiger partial charge is 0.244 e. The Balaban J connectivity index is 0.767. The molecule has 12 heteroatoms. The Kier molecular flexibility index (Phi) is 12.6. The van der Waals surface area contributed by atoms with E-state index in [9.17, 15) is 20.4 Å². The Hall–Kier alpha value is -7.64. The number of benzene rings is 4. The zero-order chi connectivity index (χ0) is 57.3. The molecule has 4 fully saturated rings. The molecule has 428 valence electrons. The van der Waals surface area contributed by atoms with Gasteiger partial charge in [0.05, 0.1) is 0 Å². The van der Waals surface area contributed by atoms with Crippen LogP contribution in [0.3, 0.4) is 0 Å². The van der Waals surface area contributed by atoms with Crippen LogP contribution in [0.15, 0.2) is 136 Å². The number of aromatic hydroxyl groups is 2. The van der Waals surface area contributed by atoms with Crippen molar-refractivity contribution in [2.24, 2.45) is 34.5 Å². The second-order valence-corrected chi connectivity index (χ2v) is 27.4. The van der Waals surface area contributed by atoms with Crippen LogP contribution in [0.5, 0.6) is 11.5 Å². The van der Waals surface area contributed by atoms with E-state index in [1.54, 1.807) is 0 Å². The maximum absolute atomic E-state index is 12.6. The first-order valence-electron chi connectivity index (χ1n) is 31.2. The van der Waals surface area contributed by atoms with Gasteiger partial charge in [-0.3, -0.25) is 0 Å². The lowest BCUT2D eigenvalue weighted by molar-refractivity contribution is -0.689. The average Bonchev–Trinajstić information content (AvgIpc) is 2.81. The normalized spacial score (nSPS) is 29.7. The van der Waals surface area contributed by atoms with E-state index in [2.05, 4.69) is 198 Å². The molecule has 12 nitrogen and oxygen atoms in total. The van der Waals surface area contributed by atoms with Gasteiger partial charge >= 0.3 is 0 Å². The van der Waals surface area contributed by atoms with E-state index in [0.717, 1.165) is 86.5 Å². The van der Waals surface area contributed by atoms with Crippen LogP contribution in [0.4, 0.5) is 0 Å². The highest BCUT2D eigenvalue weighted by atomic mass is 16.3. The van der Waals surface area contributed by atoms with Crippen LogP contribution in [0.25, 0.3) is 0 Å². The van der Waals surface area contributed by atoms with E-state index in [1.807, 2.05) is 0 Å². The van der Waals surface area contributed by atoms with Crippen molar-refractivity contribution in [3.05, 3.63) is 202 Å². The summed E-state index contributed by atoms with van der Waals surface area (Å²) in [6.07, 6.45) is 48.8. The summed E-state index contributed by atoms with van der Waals surface area (Å²) in [5.74, 6) is 8.78. The van der Waals surface area contributed by atoms with Gasteiger partial charge in [-0.2, -0.15) is 0 Å². The summed E-state index contributed by atoms with van der Waals surface area (Å²) >= 11 is 0. The van der Waals surface area contributed by atoms with Crippen LogP contribution in [-0.2, 0) is 65.2 Å². The molecule has 10 atom stereocenters. The third-order valence-corrected chi connectivity index (χ3v) is 23.0. The molecule has 0 unspecified atom stereocenters. The average molecular weight is 1120 g/mol. The first-order valence-corrected chi connectivity index (χ1v) is 31.2. The largest absolute Gasteiger partial charge is 0.507 e. The van der Waals surface area contributed by atoms with E-state index in [0.29, 0.717) is 112 Å². The number of aliphatic hydroxyl groups is 2. The Bertz CT molecular complexity index is 3750. The zero-order valence-corrected chi connectivity index (χ0v) is 48.8. The summed E-state index contributed by atoms with van der Waals surface area (Å²) in [6, 6.07) is 22.4. The number of rotatable bonds is 0. The van der Waals surface area contributed by atoms with Gasteiger partial charge in [-0.15, -0.1) is 12.8 Å². The molecule has 7 aliphatic rings. The van der Waals surface area contributed by atoms with Crippen molar-refractivity contribution in [2.75, 3.05) is 0 Å². The van der Waals surface area contributed by atoms with Gasteiger partial charge in [0.2, 0.25) is 25.3 Å². The number of hydrogen-bond donors (Lipinski definition) is 4. The first kappa shape index (κ1) is 53.1. The van der Waals surface area contributed by atoms with E-state index < -0.39 is 11.2 Å². The number of aromatic nitrogens is 8. The Morgan fingerprint density at radius 3 is 1.18 bits per heavy atom. The van der Waals surface area contributed by atoms with E-state index >= 15 is 0 Å². The monoisotopic (exact) mass is 1120 g/mol. The molecule has 8 aromatic rings. The van der Waals surface area contributed by atoms with Crippen molar-refractivity contribution >= 4 is 0 Å². The van der Waals surface area contributed by atoms with Crippen LogP contribution in [0.2, 0.25) is 0 Å². The molecular formula is C72H80N8O4+4. The molecule has 0 radical (unpaired) electrons. The highest BCUT2D eigenvalue weighted by Crippen LogP contribution is 2.66. The van der Waals surface area contributed by atoms with Crippen LogP contribution < -0.4 is 18.3 Å². The van der Waals surface area contributed by atoms with Crippen molar-refractivity contribution in [2.45, 2.75) is 166 Å². The number of terminal acetylenes is 2. The summed E-state index contributed by atoms with van der Waals surface area (Å²) < 4.78 is 17.8. The van der Waals surface area contributed by atoms with Gasteiger partial charge in [0, 0.05) is 33.1 Å². The predicted octanol–water partition coefficient (Wildman–Crippen LogP) is 8.59. The Morgan fingerprint density at radius 1 is 0.464 bits per heavy atom. The second-order valence-electron chi connectivity index (χ2n) is 27.4. The summed E-state index contributed by atoms with van der Waals surface area (Å²) in [7, 11) is 0. The number of imidazole rings is 4. The van der Waals surface area contributed by atoms with Crippen molar-refractivity contribution in [3.8, 4) is 36.2 Å². The minimum absolute atomic E-state index is 0.290. The summed E-state index contributed by atoms with van der Waals surface area (Å²) in [5, 5.41) is 48.7. The van der Waals surface area contributed by atoms with Gasteiger partial charge in [0.25, 0.3) is 0 Å². The molecule has 6 aliphatic carbocycles. The van der Waals surface area contributed by atoms with Gasteiger partial charge in [-0.25, -0.2) is 36.5 Å². The predicted molar refractivity (Wildman–Crippen MR) is 317 cm³/mol. The van der Waals surface area contributed by atoms with Crippen molar-refractivity contribution in [1.82, 2.24) is 18.3 Å². The summed E-state index contributed by atoms with van der Waals surface area (Å²) in [4.78, 5) is 0. The van der Waals surface area contributed by atoms with Gasteiger partial charge in [-0.1, -0.05) is 62.1 Å². The minimum atomic E-state index is -1.06. The molecule has 4 saturated carbocycles. The van der Waals surface area contributed by atoms with E-state index in [1.165, 1.54) is 44.5 Å². The van der Waals surface area contributed by atoms with Crippen LogP contribution >= 0.6 is 0 Å². The lowest BCUT2D eigenvalue weighted by Gasteiger charge is -2.52. The molecule has 84 heavy (non-hydrogen) atoms. The lowest BCUT2D eigenvalue weighted by atomic mass is 9.53. The molecular weight excluding hydrogens is 1040 g/mol. The molecule has 4 aromatic heterocycles. The fourth-order valence-electron chi connectivity index (χ4n) is 18.6. The number of phenols is 2. The summed E-state index contributed by atoms with van der Waals surface area (Å²) in [6.45, 7) is 9.53. The number of fused-ring (bicyclic) bond motifs is 28. The molecule has 0 spiro atoms. The lowest BCUT2D eigenvalue weighted by Crippen LogP contribution is -2.50. The van der Waals surface area contributed by atoms with E-state index in [4.69, 9.17) is 12.8 Å². The van der Waals surface area contributed by atoms with Crippen molar-refractivity contribution in [1.29, 1.82) is 0 Å². The fourth-order valence-corrected chi connectivity index (χ4v) is 18.6. The summed E-state index contributed by atoms with van der Waals surface area (Å²) in [5.41, 5.74) is 11.4. The second kappa shape index (κ2) is 20.0. The van der Waals surface area contributed by atoms with Gasteiger partial charge < -0.3 is 20.4 Å². The third-order valence-electron chi connectivity index (χ3n) is 23.0. The van der Waals surface area contributed by atoms with Gasteiger partial charge in [0.1, 0.15) is 125 Å². The highest BCUT2D eigenvalue weighted by molar-refractivity contribution is 5.55. The van der Waals surface area contributed by atoms with Crippen LogP contribution in [-0.4, -0.2) is 49.9 Å². The van der Waals surface area contributed by atoms with Crippen LogP contribution in [0.1, 0.15) is 157 Å². The number of hydrogen-bond acceptors (Lipinski definition) is 4. The first-order chi connectivity index (χ1) is 40.7. The Labute approximate surface area is 493 Å². The zero-order valence-electron chi connectivity index (χ0n) is 48.8. The molecule has 0 saturated heterocycles. The quantitative estimate of drug-likeness (QED) is 0.0900. The molecule has 16 bridgehead atoms. The maximum Gasteiger partial charge on any atom is 0.244 e. The van der Waals surface area contributed by atoms with E-state index in [-0.39, 0.29) is 10.8 Å². The topological polar surface area (TPSA) is 116 Å². The highest BCUT2D eigenvalue weighted by Gasteiger charge is 2.63. The fraction of sp³-hybridized carbons (Fsp3) is 0.444. The third kappa shape index (κ3) is 8.71.